The Morgan fingerprint density at radius 2 is 0.345 bits per heavy atom. The summed E-state index contributed by atoms with van der Waals surface area (Å²) < 4.78 is 873. The maximum atomic E-state index is 14.7. The van der Waals surface area contributed by atoms with Crippen molar-refractivity contribution in [3.63, 3.8) is 0 Å². The lowest BCUT2D eigenvalue weighted by Crippen LogP contribution is -2.79. The lowest BCUT2D eigenvalue weighted by molar-refractivity contribution is -0.489. The zero-order valence-corrected chi connectivity index (χ0v) is 54.0. The molecule has 2 atom stereocenters. The third-order valence-corrected chi connectivity index (χ3v) is 15.6. The number of halogens is 62. The molecule has 0 heterocycles. The van der Waals surface area contributed by atoms with Crippen molar-refractivity contribution < 1.29 is 291 Å². The normalized spacial score (nSPS) is 16.7. The summed E-state index contributed by atoms with van der Waals surface area (Å²) in [6.07, 6.45) is -36.3. The summed E-state index contributed by atoms with van der Waals surface area (Å²) in [5, 5.41) is 2.81. The van der Waals surface area contributed by atoms with E-state index in [0.29, 0.717) is 24.3 Å². The van der Waals surface area contributed by atoms with Gasteiger partial charge in [-0.1, -0.05) is 24.3 Å². The SMILES string of the molecule is CC(CC(F)(F)C(F)(F)C(F)(F)C(F)(F)C(F)(F)C(F)(F)C(F)(F)C(F)(F)C(F)(F)C(F)(F)C(F)(F)C(F)(F)C(F)(F)C(F)(F)C(F)(F)F)OC(=O)Nc1ccc(Cc2ccc(NC(=O)OC(C)CC(F)(F)C(F)(F)C(F)(F)C(F)(F)C(F)(F)C(F)(F)C(F)(F)C(F)(F)C(F)(F)C(F)(F)C(F)(F)C(F)(F)C(F)(F)C(F)(F)C(F)(F)F)cc2)cc1. The smallest absolute Gasteiger partial charge is 0.446 e. The van der Waals surface area contributed by atoms with Gasteiger partial charge < -0.3 is 9.47 Å². The van der Waals surface area contributed by atoms with E-state index in [1.807, 2.05) is 0 Å². The van der Waals surface area contributed by atoms with Crippen LogP contribution in [0.3, 0.4) is 0 Å². The van der Waals surface area contributed by atoms with E-state index >= 15 is 0 Å². The number of nitrogens with one attached hydrogen (secondary N) is 2. The Bertz CT molecular complexity index is 3650. The van der Waals surface area contributed by atoms with Crippen LogP contribution in [0.15, 0.2) is 48.5 Å². The van der Waals surface area contributed by atoms with E-state index in [9.17, 15) is 282 Å². The highest BCUT2D eigenvalue weighted by Gasteiger charge is 3.04. The minimum atomic E-state index is -10.3. The van der Waals surface area contributed by atoms with Gasteiger partial charge >= 0.3 is 190 Å². The summed E-state index contributed by atoms with van der Waals surface area (Å²) >= 11 is 0. The number of carbonyl (C=O) groups is 2. The highest BCUT2D eigenvalue weighted by atomic mass is 19.5. The van der Waals surface area contributed by atoms with Crippen molar-refractivity contribution in [2.24, 2.45) is 0 Å². The Balaban J connectivity index is 2.33. The number of carbonyl (C=O) groups excluding carboxylic acids is 2. The highest BCUT2D eigenvalue weighted by molar-refractivity contribution is 5.85. The van der Waals surface area contributed by atoms with Gasteiger partial charge in [0.15, 0.2) is 0 Å². The van der Waals surface area contributed by atoms with Gasteiger partial charge in [-0.05, 0) is 55.7 Å². The molecule has 0 saturated heterocycles. The molecule has 6 nitrogen and oxygen atoms in total. The molecule has 68 heteroatoms. The lowest BCUT2D eigenvalue weighted by atomic mass is 9.83. The van der Waals surface area contributed by atoms with Crippen LogP contribution >= 0.6 is 0 Å². The maximum absolute atomic E-state index is 14.7. The molecule has 2 unspecified atom stereocenters. The Morgan fingerprint density at radius 3 is 0.479 bits per heavy atom. The zero-order valence-electron chi connectivity index (χ0n) is 54.0. The minimum Gasteiger partial charge on any atom is -0.446 e. The average molecular weight is 1910 g/mol. The Labute approximate surface area is 609 Å². The maximum Gasteiger partial charge on any atom is 0.460 e. The van der Waals surface area contributed by atoms with E-state index in [1.54, 1.807) is 0 Å². The molecule has 0 saturated carbocycles. The van der Waals surface area contributed by atoms with Crippen LogP contribution in [0.25, 0.3) is 0 Å². The van der Waals surface area contributed by atoms with Crippen molar-refractivity contribution in [3.8, 4) is 0 Å². The third kappa shape index (κ3) is 15.0. The van der Waals surface area contributed by atoms with E-state index in [0.717, 1.165) is 24.3 Å². The fraction of sp³-hybridized carbons (Fsp3) is 0.725. The topological polar surface area (TPSA) is 76.7 Å². The van der Waals surface area contributed by atoms with E-state index < -0.39 is 233 Å². The molecule has 0 fully saturated rings. The summed E-state index contributed by atoms with van der Waals surface area (Å²) in [6, 6.07) is 5.64. The molecule has 2 aromatic carbocycles. The van der Waals surface area contributed by atoms with Crippen LogP contribution in [-0.2, 0) is 15.9 Å². The number of hydrogen-bond acceptors (Lipinski definition) is 4. The molecular formula is C51H24F62N2O4. The molecule has 2 aromatic rings. The predicted molar refractivity (Wildman–Crippen MR) is 255 cm³/mol. The first-order valence-electron chi connectivity index (χ1n) is 28.0. The van der Waals surface area contributed by atoms with Gasteiger partial charge in [0.25, 0.3) is 0 Å². The lowest BCUT2D eigenvalue weighted by Gasteiger charge is -2.46. The number of rotatable bonds is 36. The van der Waals surface area contributed by atoms with E-state index in [2.05, 4.69) is 9.47 Å². The number of benzene rings is 2. The molecule has 0 aromatic heterocycles. The van der Waals surface area contributed by atoms with E-state index in [1.165, 1.54) is 10.6 Å². The molecule has 0 aliphatic rings. The van der Waals surface area contributed by atoms with Gasteiger partial charge in [-0.15, -0.1) is 0 Å². The van der Waals surface area contributed by atoms with Gasteiger partial charge in [-0.25, -0.2) is 9.59 Å². The van der Waals surface area contributed by atoms with E-state index in [-0.39, 0.29) is 25.0 Å². The summed E-state index contributed by atoms with van der Waals surface area (Å²) in [4.78, 5) is 24.5. The number of amides is 2. The number of anilines is 2. The van der Waals surface area contributed by atoms with Crippen molar-refractivity contribution in [1.82, 2.24) is 0 Å². The monoisotopic (exact) mass is 1910 g/mol. The zero-order chi connectivity index (χ0) is 96.2. The fourth-order valence-corrected chi connectivity index (χ4v) is 8.52. The summed E-state index contributed by atoms with van der Waals surface area (Å²) in [6.45, 7) is -0.522. The first-order chi connectivity index (χ1) is 51.2. The molecular weight excluding hydrogens is 1880 g/mol. The van der Waals surface area contributed by atoms with E-state index in [4.69, 9.17) is 0 Å². The second kappa shape index (κ2) is 29.7. The number of ether oxygens (including phenoxy) is 2. The third-order valence-electron chi connectivity index (χ3n) is 15.6. The average Bonchev–Trinajstić information content (AvgIpc) is 0.679. The second-order valence-corrected chi connectivity index (χ2v) is 24.0. The van der Waals surface area contributed by atoms with Crippen LogP contribution in [0.2, 0.25) is 0 Å². The first kappa shape index (κ1) is 108. The summed E-state index contributed by atoms with van der Waals surface area (Å²) in [7, 11) is 0. The van der Waals surface area contributed by atoms with Crippen molar-refractivity contribution in [2.75, 3.05) is 10.6 Å². The molecule has 2 amide bonds. The van der Waals surface area contributed by atoms with Crippen LogP contribution in [-0.4, -0.2) is 203 Å². The van der Waals surface area contributed by atoms with Crippen LogP contribution in [0.1, 0.15) is 37.8 Å². The quantitative estimate of drug-likeness (QED) is 0.0667. The second-order valence-electron chi connectivity index (χ2n) is 24.0. The number of alkyl halides is 62. The number of hydrogen-bond donors (Lipinski definition) is 2. The molecule has 2 rings (SSSR count). The standard InChI is InChI=1S/C51H24F62N2O4/c1-14(12-22(52,53)24(56,57)26(60,61)28(64,65)30(68,69)32(72,73)34(76,77)36(80,81)38(84,85)40(88,89)42(92,93)44(96,97)46(100,101)48(104,105)50(108,109)110)118-20(116)114-18-7-3-16(4-8-18)11-17-5-9-19(10-6-17)115-21(117)119-15(2)13-23(54,55)25(58,59)27(62,63)29(66,67)31(70,71)33(74,75)35(78,79)37(82,83)39(86,87)41(90,91)43(94,95)45(98,99)47(102,103)49(106,107)51(111,112)113/h3-10,14-15H,11-13H2,1-2H3,(H,114,116)(H,115,117). The summed E-state index contributed by atoms with van der Waals surface area (Å²) in [5.41, 5.74) is -1.79. The van der Waals surface area contributed by atoms with Crippen LogP contribution in [0, 0.1) is 0 Å². The van der Waals surface area contributed by atoms with Gasteiger partial charge in [0.2, 0.25) is 0 Å². The molecule has 696 valence electrons. The van der Waals surface area contributed by atoms with Gasteiger partial charge in [-0.3, -0.25) is 10.6 Å². The van der Waals surface area contributed by atoms with Gasteiger partial charge in [0, 0.05) is 11.4 Å². The van der Waals surface area contributed by atoms with Crippen LogP contribution in [0.5, 0.6) is 0 Å². The molecule has 2 N–H and O–H groups in total. The van der Waals surface area contributed by atoms with Crippen molar-refractivity contribution in [1.29, 1.82) is 0 Å². The minimum absolute atomic E-state index is 0.113. The van der Waals surface area contributed by atoms with Crippen molar-refractivity contribution >= 4 is 23.6 Å². The predicted octanol–water partition coefficient (Wildman–Crippen LogP) is 24.8. The van der Waals surface area contributed by atoms with Gasteiger partial charge in [0.05, 0.1) is 12.8 Å². The molecule has 119 heavy (non-hydrogen) atoms. The Morgan fingerprint density at radius 1 is 0.218 bits per heavy atom. The van der Waals surface area contributed by atoms with Crippen molar-refractivity contribution in [2.45, 2.75) is 224 Å². The highest BCUT2D eigenvalue weighted by Crippen LogP contribution is 2.73. The molecule has 0 spiro atoms. The molecule has 0 bridgehead atoms. The van der Waals surface area contributed by atoms with Gasteiger partial charge in [0.1, 0.15) is 12.2 Å². The first-order valence-corrected chi connectivity index (χ1v) is 28.0. The Hall–Kier alpha value is -7.36. The van der Waals surface area contributed by atoms with Gasteiger partial charge in [-0.2, -0.15) is 272 Å². The largest absolute Gasteiger partial charge is 0.460 e. The molecule has 0 aliphatic heterocycles. The fourth-order valence-electron chi connectivity index (χ4n) is 8.52. The van der Waals surface area contributed by atoms with Crippen molar-refractivity contribution in [3.05, 3.63) is 59.7 Å². The van der Waals surface area contributed by atoms with Crippen LogP contribution < -0.4 is 10.6 Å². The Kier molecular flexibility index (Phi) is 26.9. The molecule has 0 aliphatic carbocycles. The summed E-state index contributed by atoms with van der Waals surface area (Å²) in [5.74, 6) is -271. The van der Waals surface area contributed by atoms with Crippen LogP contribution in [0.4, 0.5) is 293 Å². The molecule has 0 radical (unpaired) electrons.